The number of nitrogens with two attached hydrogens (primary N) is 1. The fourth-order valence-electron chi connectivity index (χ4n) is 1.48. The fraction of sp³-hybridized carbons (Fsp3) is 0.500. The lowest BCUT2D eigenvalue weighted by Gasteiger charge is -2.17. The van der Waals surface area contributed by atoms with Crippen LogP contribution in [-0.2, 0) is 0 Å². The minimum absolute atomic E-state index is 0.188. The van der Waals surface area contributed by atoms with Crippen LogP contribution in [-0.4, -0.2) is 45.6 Å². The van der Waals surface area contributed by atoms with Gasteiger partial charge in [-0.1, -0.05) is 0 Å². The molecular formula is C12H20N2O4. The maximum absolute atomic E-state index is 9.45. The summed E-state index contributed by atoms with van der Waals surface area (Å²) in [6.07, 6.45) is -0.624. The van der Waals surface area contributed by atoms with E-state index >= 15 is 0 Å². The van der Waals surface area contributed by atoms with Crippen LogP contribution >= 0.6 is 0 Å². The van der Waals surface area contributed by atoms with Crippen molar-refractivity contribution in [1.29, 1.82) is 0 Å². The molecule has 0 bridgehead atoms. The van der Waals surface area contributed by atoms with E-state index in [9.17, 15) is 5.11 Å². The summed E-state index contributed by atoms with van der Waals surface area (Å²) in [5.41, 5.74) is 6.01. The molecule has 6 nitrogen and oxygen atoms in total. The molecule has 0 fully saturated rings. The Hall–Kier alpha value is -1.66. The molecule has 0 aliphatic heterocycles. The third-order valence-corrected chi connectivity index (χ3v) is 2.50. The quantitative estimate of drug-likeness (QED) is 0.656. The Morgan fingerprint density at radius 3 is 2.11 bits per heavy atom. The third kappa shape index (κ3) is 3.41. The summed E-state index contributed by atoms with van der Waals surface area (Å²) in [7, 11) is 4.68. The van der Waals surface area contributed by atoms with Gasteiger partial charge >= 0.3 is 0 Å². The molecule has 0 aliphatic rings. The van der Waals surface area contributed by atoms with E-state index in [0.29, 0.717) is 29.5 Å². The Balaban J connectivity index is 2.99. The number of nitrogens with one attached hydrogen (secondary N) is 1. The molecule has 4 N–H and O–H groups in total. The topological polar surface area (TPSA) is 86.0 Å². The molecule has 0 aromatic heterocycles. The Morgan fingerprint density at radius 1 is 1.17 bits per heavy atom. The van der Waals surface area contributed by atoms with Gasteiger partial charge in [0.05, 0.1) is 27.4 Å². The molecule has 0 saturated carbocycles. The molecule has 6 heteroatoms. The maximum Gasteiger partial charge on any atom is 0.149 e. The summed E-state index contributed by atoms with van der Waals surface area (Å²) in [4.78, 5) is 0. The van der Waals surface area contributed by atoms with Crippen molar-refractivity contribution in [3.05, 3.63) is 12.1 Å². The first-order valence-corrected chi connectivity index (χ1v) is 5.58. The zero-order chi connectivity index (χ0) is 13.5. The van der Waals surface area contributed by atoms with Crippen molar-refractivity contribution in [2.24, 2.45) is 5.73 Å². The van der Waals surface area contributed by atoms with Gasteiger partial charge in [-0.3, -0.25) is 0 Å². The Kier molecular flexibility index (Phi) is 5.54. The minimum atomic E-state index is -0.624. The molecule has 0 spiro atoms. The smallest absolute Gasteiger partial charge is 0.149 e. The van der Waals surface area contributed by atoms with E-state index < -0.39 is 6.10 Å². The van der Waals surface area contributed by atoms with Gasteiger partial charge in [-0.05, 0) is 0 Å². The van der Waals surface area contributed by atoms with E-state index in [-0.39, 0.29) is 6.54 Å². The molecule has 0 heterocycles. The first kappa shape index (κ1) is 14.4. The van der Waals surface area contributed by atoms with Crippen LogP contribution in [0.3, 0.4) is 0 Å². The number of hydrogen-bond donors (Lipinski definition) is 3. The van der Waals surface area contributed by atoms with Gasteiger partial charge in [0.2, 0.25) is 0 Å². The normalized spacial score (nSPS) is 11.8. The number of hydrogen-bond acceptors (Lipinski definition) is 6. The van der Waals surface area contributed by atoms with Crippen LogP contribution in [0.1, 0.15) is 0 Å². The number of methoxy groups -OCH3 is 3. The predicted octanol–water partition coefficient (Wildman–Crippen LogP) is 0.444. The highest BCUT2D eigenvalue weighted by atomic mass is 16.5. The van der Waals surface area contributed by atoms with Crippen molar-refractivity contribution in [3.8, 4) is 17.2 Å². The van der Waals surface area contributed by atoms with Gasteiger partial charge in [-0.15, -0.1) is 0 Å². The van der Waals surface area contributed by atoms with Gasteiger partial charge in [0.25, 0.3) is 0 Å². The third-order valence-electron chi connectivity index (χ3n) is 2.50. The number of rotatable bonds is 7. The second-order valence-electron chi connectivity index (χ2n) is 3.68. The first-order chi connectivity index (χ1) is 8.65. The highest BCUT2D eigenvalue weighted by Gasteiger charge is 2.13. The van der Waals surface area contributed by atoms with Crippen LogP contribution < -0.4 is 25.3 Å². The SMILES string of the molecule is COc1cc(OC)c(NCC(O)CN)c(OC)c1. The number of benzene rings is 1. The number of aliphatic hydroxyl groups is 1. The molecule has 1 rings (SSSR count). The van der Waals surface area contributed by atoms with E-state index in [1.807, 2.05) is 0 Å². The summed E-state index contributed by atoms with van der Waals surface area (Å²) in [6.45, 7) is 0.503. The average Bonchev–Trinajstić information content (AvgIpc) is 2.43. The predicted molar refractivity (Wildman–Crippen MR) is 69.6 cm³/mol. The first-order valence-electron chi connectivity index (χ1n) is 5.58. The van der Waals surface area contributed by atoms with Gasteiger partial charge in [-0.2, -0.15) is 0 Å². The molecule has 0 aliphatic carbocycles. The van der Waals surface area contributed by atoms with Crippen LogP contribution in [0.2, 0.25) is 0 Å². The summed E-state index contributed by atoms with van der Waals surface area (Å²) in [5.74, 6) is 1.79. The lowest BCUT2D eigenvalue weighted by Crippen LogP contribution is -2.28. The van der Waals surface area contributed by atoms with Crippen LogP contribution in [0.25, 0.3) is 0 Å². The summed E-state index contributed by atoms with van der Waals surface area (Å²) in [6, 6.07) is 3.47. The zero-order valence-corrected chi connectivity index (χ0v) is 10.9. The Labute approximate surface area is 107 Å². The minimum Gasteiger partial charge on any atom is -0.496 e. The second-order valence-corrected chi connectivity index (χ2v) is 3.68. The molecule has 18 heavy (non-hydrogen) atoms. The van der Waals surface area contributed by atoms with Crippen LogP contribution in [0, 0.1) is 0 Å². The second kappa shape index (κ2) is 6.93. The van der Waals surface area contributed by atoms with Crippen molar-refractivity contribution in [3.63, 3.8) is 0 Å². The molecular weight excluding hydrogens is 236 g/mol. The molecule has 1 aromatic rings. The average molecular weight is 256 g/mol. The number of ether oxygens (including phenoxy) is 3. The Bertz CT molecular complexity index is 359. The largest absolute Gasteiger partial charge is 0.496 e. The Morgan fingerprint density at radius 2 is 1.72 bits per heavy atom. The molecule has 0 saturated heterocycles. The van der Waals surface area contributed by atoms with E-state index in [0.717, 1.165) is 0 Å². The van der Waals surface area contributed by atoms with Gasteiger partial charge in [0.15, 0.2) is 0 Å². The molecule has 102 valence electrons. The van der Waals surface area contributed by atoms with Crippen LogP contribution in [0.15, 0.2) is 12.1 Å². The molecule has 1 aromatic carbocycles. The maximum atomic E-state index is 9.45. The summed E-state index contributed by atoms with van der Waals surface area (Å²) in [5, 5.41) is 12.5. The van der Waals surface area contributed by atoms with Crippen molar-refractivity contribution in [2.45, 2.75) is 6.10 Å². The highest BCUT2D eigenvalue weighted by Crippen LogP contribution is 2.38. The monoisotopic (exact) mass is 256 g/mol. The van der Waals surface area contributed by atoms with Crippen molar-refractivity contribution >= 4 is 5.69 Å². The van der Waals surface area contributed by atoms with Crippen LogP contribution in [0.4, 0.5) is 5.69 Å². The zero-order valence-electron chi connectivity index (χ0n) is 10.9. The van der Waals surface area contributed by atoms with Crippen LogP contribution in [0.5, 0.6) is 17.2 Å². The van der Waals surface area contributed by atoms with Crippen molar-refractivity contribution in [1.82, 2.24) is 0 Å². The van der Waals surface area contributed by atoms with E-state index in [1.165, 1.54) is 0 Å². The summed E-state index contributed by atoms with van der Waals surface area (Å²) >= 11 is 0. The molecule has 1 atom stereocenters. The van der Waals surface area contributed by atoms with Gasteiger partial charge < -0.3 is 30.4 Å². The lowest BCUT2D eigenvalue weighted by molar-refractivity contribution is 0.196. The highest BCUT2D eigenvalue weighted by molar-refractivity contribution is 5.68. The molecule has 0 radical (unpaired) electrons. The molecule has 1 unspecified atom stereocenters. The van der Waals surface area contributed by atoms with Crippen molar-refractivity contribution < 1.29 is 19.3 Å². The van der Waals surface area contributed by atoms with E-state index in [1.54, 1.807) is 33.5 Å². The van der Waals surface area contributed by atoms with Crippen molar-refractivity contribution in [2.75, 3.05) is 39.7 Å². The standard InChI is InChI=1S/C12H20N2O4/c1-16-9-4-10(17-2)12(11(5-9)18-3)14-7-8(15)6-13/h4-5,8,14-15H,6-7,13H2,1-3H3. The summed E-state index contributed by atoms with van der Waals surface area (Å²) < 4.78 is 15.7. The van der Waals surface area contributed by atoms with Gasteiger partial charge in [0.1, 0.15) is 22.9 Å². The number of anilines is 1. The van der Waals surface area contributed by atoms with Gasteiger partial charge in [0, 0.05) is 25.2 Å². The van der Waals surface area contributed by atoms with E-state index in [4.69, 9.17) is 19.9 Å². The van der Waals surface area contributed by atoms with Gasteiger partial charge in [-0.25, -0.2) is 0 Å². The van der Waals surface area contributed by atoms with E-state index in [2.05, 4.69) is 5.32 Å². The number of aliphatic hydroxyl groups excluding tert-OH is 1. The molecule has 0 amide bonds. The lowest BCUT2D eigenvalue weighted by atomic mass is 10.2. The fourth-order valence-corrected chi connectivity index (χ4v) is 1.48.